The first-order chi connectivity index (χ1) is 13.3. The number of nitrogens with zero attached hydrogens (tertiary/aromatic N) is 2. The van der Waals surface area contributed by atoms with E-state index in [1.54, 1.807) is 25.1 Å². The fraction of sp³-hybridized carbons (Fsp3) is 0.250. The molecule has 1 heterocycles. The van der Waals surface area contributed by atoms with Crippen LogP contribution in [0.25, 0.3) is 11.4 Å². The molecule has 28 heavy (non-hydrogen) atoms. The van der Waals surface area contributed by atoms with Crippen LogP contribution in [0.1, 0.15) is 40.5 Å². The van der Waals surface area contributed by atoms with Crippen molar-refractivity contribution >= 4 is 21.4 Å². The summed E-state index contributed by atoms with van der Waals surface area (Å²) in [5, 5.41) is 10.0. The lowest BCUT2D eigenvalue weighted by Crippen LogP contribution is -2.14. The molecule has 2 N–H and O–H groups in total. The Labute approximate surface area is 163 Å². The van der Waals surface area contributed by atoms with Gasteiger partial charge in [-0.15, -0.1) is 0 Å². The second kappa shape index (κ2) is 6.87. The second-order valence-electron chi connectivity index (χ2n) is 7.10. The van der Waals surface area contributed by atoms with Crippen molar-refractivity contribution in [3.63, 3.8) is 0 Å². The van der Waals surface area contributed by atoms with Gasteiger partial charge in [0, 0.05) is 29.0 Å². The van der Waals surface area contributed by atoms with Gasteiger partial charge in [0.25, 0.3) is 5.91 Å². The van der Waals surface area contributed by atoms with Crippen molar-refractivity contribution < 1.29 is 13.2 Å². The molecule has 0 atom stereocenters. The van der Waals surface area contributed by atoms with E-state index in [0.29, 0.717) is 28.6 Å². The van der Waals surface area contributed by atoms with E-state index in [0.717, 1.165) is 30.5 Å². The number of aromatic amines is 1. The maximum absolute atomic E-state index is 12.6. The number of aryl methyl sites for hydroxylation is 1. The van der Waals surface area contributed by atoms with Crippen molar-refractivity contribution in [1.82, 2.24) is 15.2 Å². The average molecular weight is 396 g/mol. The number of rotatable bonds is 5. The molecule has 7 nitrogen and oxygen atoms in total. The van der Waals surface area contributed by atoms with Gasteiger partial charge < -0.3 is 5.32 Å². The highest BCUT2D eigenvalue weighted by Gasteiger charge is 2.27. The normalized spacial score (nSPS) is 14.1. The van der Waals surface area contributed by atoms with Crippen LogP contribution in [0.5, 0.6) is 0 Å². The SMILES string of the molecule is Cc1ccc(S(C)(=O)=O)cc1C(=O)Nc1ccc(-c2n[nH]c(C3CC3)n2)cc1. The Hall–Kier alpha value is -3.00. The number of nitrogens with one attached hydrogen (secondary N) is 2. The number of H-pyrrole nitrogens is 1. The number of aromatic nitrogens is 3. The van der Waals surface area contributed by atoms with Gasteiger partial charge in [0.2, 0.25) is 0 Å². The highest BCUT2D eigenvalue weighted by atomic mass is 32.2. The van der Waals surface area contributed by atoms with E-state index >= 15 is 0 Å². The number of benzene rings is 2. The van der Waals surface area contributed by atoms with Gasteiger partial charge >= 0.3 is 0 Å². The van der Waals surface area contributed by atoms with Crippen LogP contribution in [0.2, 0.25) is 0 Å². The van der Waals surface area contributed by atoms with Crippen molar-refractivity contribution in [2.75, 3.05) is 11.6 Å². The van der Waals surface area contributed by atoms with Crippen LogP contribution in [-0.2, 0) is 9.84 Å². The van der Waals surface area contributed by atoms with Gasteiger partial charge in [0.1, 0.15) is 5.82 Å². The largest absolute Gasteiger partial charge is 0.322 e. The van der Waals surface area contributed by atoms with Crippen LogP contribution in [-0.4, -0.2) is 35.8 Å². The fourth-order valence-electron chi connectivity index (χ4n) is 2.92. The maximum Gasteiger partial charge on any atom is 0.255 e. The summed E-state index contributed by atoms with van der Waals surface area (Å²) in [5.74, 6) is 1.71. The van der Waals surface area contributed by atoms with Gasteiger partial charge in [-0.05, 0) is 61.7 Å². The van der Waals surface area contributed by atoms with Crippen molar-refractivity contribution in [3.05, 3.63) is 59.4 Å². The number of hydrogen-bond donors (Lipinski definition) is 2. The smallest absolute Gasteiger partial charge is 0.255 e. The number of carbonyl (C=O) groups is 1. The molecule has 0 saturated heterocycles. The molecule has 0 bridgehead atoms. The van der Waals surface area contributed by atoms with Crippen LogP contribution >= 0.6 is 0 Å². The van der Waals surface area contributed by atoms with Gasteiger partial charge in [0.05, 0.1) is 4.90 Å². The van der Waals surface area contributed by atoms with Gasteiger partial charge in [-0.1, -0.05) is 6.07 Å². The molecule has 1 saturated carbocycles. The topological polar surface area (TPSA) is 105 Å². The zero-order valence-electron chi connectivity index (χ0n) is 15.6. The van der Waals surface area contributed by atoms with Crippen LogP contribution in [0.15, 0.2) is 47.4 Å². The van der Waals surface area contributed by atoms with E-state index in [1.807, 2.05) is 12.1 Å². The van der Waals surface area contributed by atoms with Crippen molar-refractivity contribution in [2.24, 2.45) is 0 Å². The molecule has 0 radical (unpaired) electrons. The Morgan fingerprint density at radius 1 is 1.14 bits per heavy atom. The predicted molar refractivity (Wildman–Crippen MR) is 106 cm³/mol. The first-order valence-corrected chi connectivity index (χ1v) is 10.9. The number of carbonyl (C=O) groups excluding carboxylic acids is 1. The molecule has 144 valence electrons. The lowest BCUT2D eigenvalue weighted by atomic mass is 10.1. The van der Waals surface area contributed by atoms with Crippen LogP contribution < -0.4 is 5.32 Å². The fourth-order valence-corrected chi connectivity index (χ4v) is 3.57. The zero-order valence-corrected chi connectivity index (χ0v) is 16.4. The Balaban J connectivity index is 1.52. The number of anilines is 1. The molecule has 3 aromatic rings. The number of hydrogen-bond acceptors (Lipinski definition) is 5. The zero-order chi connectivity index (χ0) is 19.9. The Morgan fingerprint density at radius 2 is 1.86 bits per heavy atom. The second-order valence-corrected chi connectivity index (χ2v) is 9.11. The van der Waals surface area contributed by atoms with Gasteiger partial charge in [-0.2, -0.15) is 5.10 Å². The minimum Gasteiger partial charge on any atom is -0.322 e. The summed E-state index contributed by atoms with van der Waals surface area (Å²) >= 11 is 0. The molecule has 0 spiro atoms. The summed E-state index contributed by atoms with van der Waals surface area (Å²) in [4.78, 5) is 17.3. The minimum atomic E-state index is -3.38. The van der Waals surface area contributed by atoms with Gasteiger partial charge in [-0.3, -0.25) is 9.89 Å². The molecule has 1 aromatic heterocycles. The summed E-state index contributed by atoms with van der Waals surface area (Å²) in [6.07, 6.45) is 3.43. The van der Waals surface area contributed by atoms with E-state index in [2.05, 4.69) is 20.5 Å². The molecule has 1 fully saturated rings. The third-order valence-corrected chi connectivity index (χ3v) is 5.86. The maximum atomic E-state index is 12.6. The molecular weight excluding hydrogens is 376 g/mol. The van der Waals surface area contributed by atoms with E-state index in [4.69, 9.17) is 0 Å². The van der Waals surface area contributed by atoms with Crippen molar-refractivity contribution in [2.45, 2.75) is 30.6 Å². The molecule has 1 aliphatic carbocycles. The predicted octanol–water partition coefficient (Wildman–Crippen LogP) is 3.31. The molecular formula is C20H20N4O3S. The van der Waals surface area contributed by atoms with E-state index in [1.165, 1.54) is 12.1 Å². The molecule has 8 heteroatoms. The van der Waals surface area contributed by atoms with Crippen LogP contribution in [0, 0.1) is 6.92 Å². The lowest BCUT2D eigenvalue weighted by molar-refractivity contribution is 0.102. The molecule has 1 amide bonds. The summed E-state index contributed by atoms with van der Waals surface area (Å²) < 4.78 is 23.5. The van der Waals surface area contributed by atoms with Gasteiger partial charge in [0.15, 0.2) is 15.7 Å². The number of sulfone groups is 1. The highest BCUT2D eigenvalue weighted by Crippen LogP contribution is 2.38. The minimum absolute atomic E-state index is 0.120. The molecule has 0 unspecified atom stereocenters. The lowest BCUT2D eigenvalue weighted by Gasteiger charge is -2.09. The summed E-state index contributed by atoms with van der Waals surface area (Å²) in [5.41, 5.74) is 2.50. The van der Waals surface area contributed by atoms with Gasteiger partial charge in [-0.25, -0.2) is 13.4 Å². The average Bonchev–Trinajstić information content (AvgIpc) is 3.39. The molecule has 1 aliphatic rings. The quantitative estimate of drug-likeness (QED) is 0.688. The Morgan fingerprint density at radius 3 is 2.50 bits per heavy atom. The van der Waals surface area contributed by atoms with Crippen LogP contribution in [0.4, 0.5) is 5.69 Å². The third kappa shape index (κ3) is 3.82. The molecule has 0 aliphatic heterocycles. The van der Waals surface area contributed by atoms with E-state index in [9.17, 15) is 13.2 Å². The standard InChI is InChI=1S/C20H20N4O3S/c1-12-3-10-16(28(2,26)27)11-17(12)20(25)21-15-8-6-14(7-9-15)19-22-18(23-24-19)13-4-5-13/h3,6-11,13H,4-5H2,1-2H3,(H,21,25)(H,22,23,24). The first kappa shape index (κ1) is 18.4. The summed E-state index contributed by atoms with van der Waals surface area (Å²) in [7, 11) is -3.38. The Kier molecular flexibility index (Phi) is 4.50. The summed E-state index contributed by atoms with van der Waals surface area (Å²) in [6.45, 7) is 1.77. The van der Waals surface area contributed by atoms with E-state index < -0.39 is 9.84 Å². The summed E-state index contributed by atoms with van der Waals surface area (Å²) in [6, 6.07) is 11.8. The molecule has 4 rings (SSSR count). The number of amides is 1. The van der Waals surface area contributed by atoms with Crippen molar-refractivity contribution in [3.8, 4) is 11.4 Å². The highest BCUT2D eigenvalue weighted by molar-refractivity contribution is 7.90. The Bertz CT molecular complexity index is 1150. The first-order valence-electron chi connectivity index (χ1n) is 8.96. The van der Waals surface area contributed by atoms with Crippen LogP contribution in [0.3, 0.4) is 0 Å². The third-order valence-electron chi connectivity index (χ3n) is 4.75. The van der Waals surface area contributed by atoms with Crippen molar-refractivity contribution in [1.29, 1.82) is 0 Å². The molecule has 2 aromatic carbocycles. The monoisotopic (exact) mass is 396 g/mol. The van der Waals surface area contributed by atoms with E-state index in [-0.39, 0.29) is 10.8 Å².